The Morgan fingerprint density at radius 1 is 1.78 bits per heavy atom. The molecule has 2 nitrogen and oxygen atoms in total. The fraction of sp³-hybridized carbons (Fsp3) is 0.571. The van der Waals surface area contributed by atoms with Gasteiger partial charge in [-0.1, -0.05) is 13.0 Å². The molecule has 9 heavy (non-hydrogen) atoms. The molecular weight excluding hydrogens is 116 g/mol. The smallest absolute Gasteiger partial charge is 0.334 e. The van der Waals surface area contributed by atoms with Crippen molar-refractivity contribution in [2.75, 3.05) is 6.61 Å². The normalized spacial score (nSPS) is 31.1. The minimum absolute atomic E-state index is 0.148. The summed E-state index contributed by atoms with van der Waals surface area (Å²) in [6.45, 7) is 4.40. The van der Waals surface area contributed by atoms with Gasteiger partial charge in [0.2, 0.25) is 0 Å². The zero-order valence-electron chi connectivity index (χ0n) is 5.68. The zero-order chi connectivity index (χ0) is 6.85. The summed E-state index contributed by atoms with van der Waals surface area (Å²) < 4.78 is 4.76. The van der Waals surface area contributed by atoms with E-state index in [0.29, 0.717) is 12.5 Å². The van der Waals surface area contributed by atoms with Gasteiger partial charge in [0.25, 0.3) is 0 Å². The van der Waals surface area contributed by atoms with Crippen LogP contribution >= 0.6 is 0 Å². The average Bonchev–Trinajstić information content (AvgIpc) is 2.12. The van der Waals surface area contributed by atoms with Crippen LogP contribution < -0.4 is 0 Å². The summed E-state index contributed by atoms with van der Waals surface area (Å²) in [6.07, 6.45) is 1.82. The van der Waals surface area contributed by atoms with Crippen molar-refractivity contribution < 1.29 is 9.53 Å². The maximum absolute atomic E-state index is 10.7. The van der Waals surface area contributed by atoms with Crippen LogP contribution in [0.4, 0.5) is 0 Å². The van der Waals surface area contributed by atoms with E-state index >= 15 is 0 Å². The number of allylic oxidation sites excluding steroid dienone is 1. The van der Waals surface area contributed by atoms with Crippen molar-refractivity contribution in [3.8, 4) is 0 Å². The molecule has 0 aliphatic carbocycles. The van der Waals surface area contributed by atoms with E-state index in [0.717, 1.165) is 5.57 Å². The van der Waals surface area contributed by atoms with Crippen LogP contribution in [-0.2, 0) is 9.53 Å². The van der Waals surface area contributed by atoms with Crippen LogP contribution in [0.15, 0.2) is 11.6 Å². The number of carbonyl (C=O) groups is 1. The molecule has 2 heteroatoms. The maximum atomic E-state index is 10.7. The molecule has 1 aliphatic rings. The van der Waals surface area contributed by atoms with Crippen LogP contribution in [0.3, 0.4) is 0 Å². The quantitative estimate of drug-likeness (QED) is 0.359. The fourth-order valence-electron chi connectivity index (χ4n) is 0.977. The molecule has 1 aliphatic heterocycles. The van der Waals surface area contributed by atoms with Gasteiger partial charge in [0.15, 0.2) is 0 Å². The van der Waals surface area contributed by atoms with E-state index in [1.807, 2.05) is 19.9 Å². The minimum Gasteiger partial charge on any atom is -0.462 e. The molecule has 1 rings (SSSR count). The largest absolute Gasteiger partial charge is 0.462 e. The van der Waals surface area contributed by atoms with Crippen LogP contribution in [0.1, 0.15) is 13.8 Å². The van der Waals surface area contributed by atoms with Crippen molar-refractivity contribution >= 4 is 5.97 Å². The summed E-state index contributed by atoms with van der Waals surface area (Å²) in [5, 5.41) is 0. The number of hydrogen-bond donors (Lipinski definition) is 0. The van der Waals surface area contributed by atoms with Crippen molar-refractivity contribution in [1.29, 1.82) is 0 Å². The van der Waals surface area contributed by atoms with Crippen LogP contribution in [0.2, 0.25) is 0 Å². The molecule has 1 fully saturated rings. The molecule has 0 spiro atoms. The van der Waals surface area contributed by atoms with Gasteiger partial charge in [0, 0.05) is 11.5 Å². The van der Waals surface area contributed by atoms with Crippen molar-refractivity contribution in [2.45, 2.75) is 13.8 Å². The topological polar surface area (TPSA) is 26.3 Å². The van der Waals surface area contributed by atoms with E-state index in [1.165, 1.54) is 0 Å². The minimum atomic E-state index is -0.148. The number of carbonyl (C=O) groups excluding carboxylic acids is 1. The van der Waals surface area contributed by atoms with Gasteiger partial charge < -0.3 is 4.74 Å². The van der Waals surface area contributed by atoms with Gasteiger partial charge in [-0.3, -0.25) is 0 Å². The first-order valence-electron chi connectivity index (χ1n) is 3.09. The van der Waals surface area contributed by atoms with Crippen molar-refractivity contribution in [3.05, 3.63) is 11.6 Å². The second kappa shape index (κ2) is 2.21. The molecule has 0 amide bonds. The fourth-order valence-corrected chi connectivity index (χ4v) is 0.977. The van der Waals surface area contributed by atoms with Crippen LogP contribution in [-0.4, -0.2) is 12.6 Å². The monoisotopic (exact) mass is 126 g/mol. The Bertz CT molecular complexity index is 158. The highest BCUT2D eigenvalue weighted by Gasteiger charge is 2.25. The van der Waals surface area contributed by atoms with E-state index in [1.54, 1.807) is 0 Å². The lowest BCUT2D eigenvalue weighted by atomic mass is 10.1. The molecule has 0 bridgehead atoms. The number of ether oxygens (including phenoxy) is 1. The molecular formula is C7H10O2. The first-order valence-corrected chi connectivity index (χ1v) is 3.09. The van der Waals surface area contributed by atoms with Crippen molar-refractivity contribution in [3.63, 3.8) is 0 Å². The number of rotatable bonds is 0. The average molecular weight is 126 g/mol. The third-order valence-electron chi connectivity index (χ3n) is 1.54. The van der Waals surface area contributed by atoms with Crippen LogP contribution in [0, 0.1) is 5.92 Å². The van der Waals surface area contributed by atoms with Crippen molar-refractivity contribution in [1.82, 2.24) is 0 Å². The molecule has 0 aromatic rings. The molecule has 0 aromatic heterocycles. The predicted molar refractivity (Wildman–Crippen MR) is 33.9 cm³/mol. The predicted octanol–water partition coefficient (Wildman–Crippen LogP) is 1.13. The van der Waals surface area contributed by atoms with E-state index in [9.17, 15) is 4.79 Å². The molecule has 1 atom stereocenters. The highest BCUT2D eigenvalue weighted by Crippen LogP contribution is 2.19. The second-order valence-electron chi connectivity index (χ2n) is 2.24. The third kappa shape index (κ3) is 0.969. The Kier molecular flexibility index (Phi) is 1.56. The van der Waals surface area contributed by atoms with Crippen molar-refractivity contribution in [2.24, 2.45) is 5.92 Å². The summed E-state index contributed by atoms with van der Waals surface area (Å²) in [4.78, 5) is 10.7. The highest BCUT2D eigenvalue weighted by atomic mass is 16.5. The Balaban J connectivity index is 2.78. The molecule has 1 heterocycles. The lowest BCUT2D eigenvalue weighted by molar-refractivity contribution is -0.135. The van der Waals surface area contributed by atoms with Crippen LogP contribution in [0.5, 0.6) is 0 Å². The summed E-state index contributed by atoms with van der Waals surface area (Å²) in [6, 6.07) is 0. The molecule has 0 N–H and O–H groups in total. The zero-order valence-corrected chi connectivity index (χ0v) is 5.68. The summed E-state index contributed by atoms with van der Waals surface area (Å²) in [7, 11) is 0. The van der Waals surface area contributed by atoms with E-state index < -0.39 is 0 Å². The Labute approximate surface area is 54.5 Å². The Morgan fingerprint density at radius 3 is 2.67 bits per heavy atom. The van der Waals surface area contributed by atoms with Gasteiger partial charge in [-0.15, -0.1) is 0 Å². The van der Waals surface area contributed by atoms with Gasteiger partial charge in [0.05, 0.1) is 6.61 Å². The molecule has 50 valence electrons. The summed E-state index contributed by atoms with van der Waals surface area (Å²) >= 11 is 0. The first-order chi connectivity index (χ1) is 4.25. The molecule has 0 saturated carbocycles. The molecule has 1 saturated heterocycles. The molecule has 0 unspecified atom stereocenters. The van der Waals surface area contributed by atoms with Gasteiger partial charge >= 0.3 is 5.97 Å². The van der Waals surface area contributed by atoms with Gasteiger partial charge in [0.1, 0.15) is 0 Å². The second-order valence-corrected chi connectivity index (χ2v) is 2.24. The van der Waals surface area contributed by atoms with E-state index in [4.69, 9.17) is 4.74 Å². The number of cyclic esters (lactones) is 1. The maximum Gasteiger partial charge on any atom is 0.334 e. The Hall–Kier alpha value is -0.790. The SMILES string of the molecule is C/C=C1/C(=O)OC[C@H]1C. The number of esters is 1. The van der Waals surface area contributed by atoms with Gasteiger partial charge in [-0.2, -0.15) is 0 Å². The van der Waals surface area contributed by atoms with Gasteiger partial charge in [-0.25, -0.2) is 4.79 Å². The summed E-state index contributed by atoms with van der Waals surface area (Å²) in [5.74, 6) is 0.146. The highest BCUT2D eigenvalue weighted by molar-refractivity contribution is 5.90. The molecule has 0 aromatic carbocycles. The first kappa shape index (κ1) is 6.33. The third-order valence-corrected chi connectivity index (χ3v) is 1.54. The van der Waals surface area contributed by atoms with Gasteiger partial charge in [-0.05, 0) is 6.92 Å². The number of hydrogen-bond acceptors (Lipinski definition) is 2. The van der Waals surface area contributed by atoms with E-state index in [2.05, 4.69) is 0 Å². The standard InChI is InChI=1S/C7H10O2/c1-3-6-5(2)4-9-7(6)8/h3,5H,4H2,1-2H3/b6-3+/t5-/m1/s1. The Morgan fingerprint density at radius 2 is 2.44 bits per heavy atom. The van der Waals surface area contributed by atoms with Crippen LogP contribution in [0.25, 0.3) is 0 Å². The van der Waals surface area contributed by atoms with E-state index in [-0.39, 0.29) is 5.97 Å². The lowest BCUT2D eigenvalue weighted by Gasteiger charge is -1.93. The summed E-state index contributed by atoms with van der Waals surface area (Å²) in [5.41, 5.74) is 0.815. The molecule has 0 radical (unpaired) electrons. The lowest BCUT2D eigenvalue weighted by Crippen LogP contribution is -1.97.